The fourth-order valence-electron chi connectivity index (χ4n) is 1.39. The molecule has 0 spiro atoms. The minimum absolute atomic E-state index is 0.157. The molecule has 0 heterocycles. The highest BCUT2D eigenvalue weighted by Crippen LogP contribution is 2.14. The first kappa shape index (κ1) is 15.8. The lowest BCUT2D eigenvalue weighted by Gasteiger charge is -2.07. The van der Waals surface area contributed by atoms with Crippen molar-refractivity contribution in [1.29, 1.82) is 0 Å². The second-order valence-electron chi connectivity index (χ2n) is 4.11. The molecule has 1 aromatic rings. The van der Waals surface area contributed by atoms with Crippen molar-refractivity contribution in [3.63, 3.8) is 0 Å². The van der Waals surface area contributed by atoms with Crippen LogP contribution in [0.4, 0.5) is 0 Å². The largest absolute Gasteiger partial charge is 0.482 e. The third kappa shape index (κ3) is 6.58. The normalized spacial score (nSPS) is 10.4. The zero-order valence-electron chi connectivity index (χ0n) is 11.4. The number of carboxylic acid groups (broad SMARTS) is 1. The van der Waals surface area contributed by atoms with E-state index in [0.717, 1.165) is 18.9 Å². The molecule has 1 N–H and O–H groups in total. The van der Waals surface area contributed by atoms with Gasteiger partial charge < -0.3 is 14.6 Å². The smallest absolute Gasteiger partial charge is 0.344 e. The molecular weight excluding hydrogens is 260 g/mol. The minimum Gasteiger partial charge on any atom is -0.482 e. The van der Waals surface area contributed by atoms with Crippen LogP contribution in [-0.2, 0) is 14.3 Å². The Morgan fingerprint density at radius 2 is 2.15 bits per heavy atom. The number of carbonyl (C=O) groups excluding carboxylic acids is 1. The van der Waals surface area contributed by atoms with Crippen LogP contribution < -0.4 is 4.74 Å². The summed E-state index contributed by atoms with van der Waals surface area (Å²) in [4.78, 5) is 21.8. The summed E-state index contributed by atoms with van der Waals surface area (Å²) in [7, 11) is 0. The number of ether oxygens (including phenoxy) is 2. The van der Waals surface area contributed by atoms with E-state index in [9.17, 15) is 9.59 Å². The molecule has 0 atom stereocenters. The lowest BCUT2D eigenvalue weighted by Crippen LogP contribution is -2.15. The Morgan fingerprint density at radius 1 is 1.35 bits per heavy atom. The van der Waals surface area contributed by atoms with Gasteiger partial charge in [-0.15, -0.1) is 0 Å². The number of hydrogen-bond acceptors (Lipinski definition) is 4. The molecule has 0 radical (unpaired) electrons. The van der Waals surface area contributed by atoms with E-state index in [1.54, 1.807) is 24.3 Å². The fraction of sp³-hybridized carbons (Fsp3) is 0.333. The lowest BCUT2D eigenvalue weighted by atomic mass is 10.2. The van der Waals surface area contributed by atoms with Crippen LogP contribution in [0.3, 0.4) is 0 Å². The standard InChI is InChI=1S/C15H18O5/c1-2-3-9-19-15(18)11-20-13-6-4-5-12(10-13)7-8-14(16)17/h4-8,10H,2-3,9,11H2,1H3,(H,16,17). The van der Waals surface area contributed by atoms with Crippen LogP contribution in [0.15, 0.2) is 30.3 Å². The van der Waals surface area contributed by atoms with Gasteiger partial charge in [-0.25, -0.2) is 9.59 Å². The summed E-state index contributed by atoms with van der Waals surface area (Å²) in [5.74, 6) is -0.939. The third-order valence-corrected chi connectivity index (χ3v) is 2.39. The number of carboxylic acids is 1. The van der Waals surface area contributed by atoms with Crippen molar-refractivity contribution >= 4 is 18.0 Å². The molecular formula is C15H18O5. The first-order valence-electron chi connectivity index (χ1n) is 6.41. The number of hydrogen-bond donors (Lipinski definition) is 1. The SMILES string of the molecule is CCCCOC(=O)COc1cccc(C=CC(=O)O)c1. The lowest BCUT2D eigenvalue weighted by molar-refractivity contribution is -0.146. The predicted molar refractivity (Wildman–Crippen MR) is 74.5 cm³/mol. The van der Waals surface area contributed by atoms with Gasteiger partial charge in [0.2, 0.25) is 0 Å². The molecule has 108 valence electrons. The van der Waals surface area contributed by atoms with Crippen LogP contribution in [0.5, 0.6) is 5.75 Å². The summed E-state index contributed by atoms with van der Waals surface area (Å²) in [6.07, 6.45) is 4.29. The van der Waals surface area contributed by atoms with Crippen molar-refractivity contribution in [2.75, 3.05) is 13.2 Å². The monoisotopic (exact) mass is 278 g/mol. The maximum absolute atomic E-state index is 11.4. The minimum atomic E-state index is -1.02. The molecule has 0 saturated heterocycles. The fourth-order valence-corrected chi connectivity index (χ4v) is 1.39. The summed E-state index contributed by atoms with van der Waals surface area (Å²) in [5.41, 5.74) is 0.684. The Bertz CT molecular complexity index is 479. The van der Waals surface area contributed by atoms with Crippen LogP contribution in [0.1, 0.15) is 25.3 Å². The molecule has 0 aromatic heterocycles. The van der Waals surface area contributed by atoms with Crippen molar-refractivity contribution in [1.82, 2.24) is 0 Å². The van der Waals surface area contributed by atoms with Crippen molar-refractivity contribution in [3.05, 3.63) is 35.9 Å². The zero-order chi connectivity index (χ0) is 14.8. The van der Waals surface area contributed by atoms with Gasteiger partial charge >= 0.3 is 11.9 Å². The topological polar surface area (TPSA) is 72.8 Å². The van der Waals surface area contributed by atoms with Gasteiger partial charge in [0.25, 0.3) is 0 Å². The van der Waals surface area contributed by atoms with E-state index in [1.165, 1.54) is 6.08 Å². The molecule has 0 unspecified atom stereocenters. The summed E-state index contributed by atoms with van der Waals surface area (Å²) in [5, 5.41) is 8.54. The van der Waals surface area contributed by atoms with Crippen molar-refractivity contribution in [3.8, 4) is 5.75 Å². The van der Waals surface area contributed by atoms with Gasteiger partial charge in [0.15, 0.2) is 6.61 Å². The highest BCUT2D eigenvalue weighted by atomic mass is 16.6. The molecule has 1 aromatic carbocycles. The number of unbranched alkanes of at least 4 members (excludes halogenated alkanes) is 1. The number of rotatable bonds is 8. The average molecular weight is 278 g/mol. The molecule has 5 heteroatoms. The summed E-state index contributed by atoms with van der Waals surface area (Å²) >= 11 is 0. The van der Waals surface area contributed by atoms with Crippen LogP contribution in [0, 0.1) is 0 Å². The molecule has 0 bridgehead atoms. The second kappa shape index (κ2) is 8.74. The highest BCUT2D eigenvalue weighted by Gasteiger charge is 2.04. The second-order valence-corrected chi connectivity index (χ2v) is 4.11. The van der Waals surface area contributed by atoms with E-state index < -0.39 is 11.9 Å². The Hall–Kier alpha value is -2.30. The van der Waals surface area contributed by atoms with Gasteiger partial charge in [-0.3, -0.25) is 0 Å². The first-order chi connectivity index (χ1) is 9.61. The van der Waals surface area contributed by atoms with Crippen LogP contribution in [-0.4, -0.2) is 30.3 Å². The molecule has 5 nitrogen and oxygen atoms in total. The molecule has 0 aliphatic rings. The Labute approximate surface area is 117 Å². The van der Waals surface area contributed by atoms with Crippen LogP contribution in [0.25, 0.3) is 6.08 Å². The molecule has 0 aliphatic carbocycles. The Morgan fingerprint density at radius 3 is 2.85 bits per heavy atom. The number of esters is 1. The summed E-state index contributed by atoms with van der Waals surface area (Å²) < 4.78 is 10.2. The zero-order valence-corrected chi connectivity index (χ0v) is 11.4. The molecule has 0 saturated carbocycles. The quantitative estimate of drug-likeness (QED) is 0.449. The average Bonchev–Trinajstić information content (AvgIpc) is 2.44. The number of aliphatic carboxylic acids is 1. The van der Waals surface area contributed by atoms with Gasteiger partial charge in [0.05, 0.1) is 6.61 Å². The van der Waals surface area contributed by atoms with E-state index in [0.29, 0.717) is 17.9 Å². The van der Waals surface area contributed by atoms with E-state index in [4.69, 9.17) is 14.6 Å². The van der Waals surface area contributed by atoms with Gasteiger partial charge in [-0.2, -0.15) is 0 Å². The number of benzene rings is 1. The predicted octanol–water partition coefficient (Wildman–Crippen LogP) is 2.51. The van der Waals surface area contributed by atoms with Crippen LogP contribution in [0.2, 0.25) is 0 Å². The maximum Gasteiger partial charge on any atom is 0.344 e. The molecule has 0 amide bonds. The van der Waals surface area contributed by atoms with Gasteiger partial charge in [-0.05, 0) is 30.2 Å². The van der Waals surface area contributed by atoms with Crippen molar-refractivity contribution in [2.45, 2.75) is 19.8 Å². The molecule has 20 heavy (non-hydrogen) atoms. The maximum atomic E-state index is 11.4. The number of carbonyl (C=O) groups is 2. The van der Waals surface area contributed by atoms with Gasteiger partial charge in [0.1, 0.15) is 5.75 Å². The molecule has 0 aliphatic heterocycles. The highest BCUT2D eigenvalue weighted by molar-refractivity contribution is 5.85. The van der Waals surface area contributed by atoms with E-state index in [1.807, 2.05) is 6.92 Å². The van der Waals surface area contributed by atoms with E-state index in [-0.39, 0.29) is 6.61 Å². The summed E-state index contributed by atoms with van der Waals surface area (Å²) in [6, 6.07) is 6.81. The van der Waals surface area contributed by atoms with Crippen molar-refractivity contribution in [2.24, 2.45) is 0 Å². The van der Waals surface area contributed by atoms with Gasteiger partial charge in [0, 0.05) is 6.08 Å². The van der Waals surface area contributed by atoms with Crippen LogP contribution >= 0.6 is 0 Å². The molecule has 1 rings (SSSR count). The molecule has 0 fully saturated rings. The van der Waals surface area contributed by atoms with E-state index >= 15 is 0 Å². The Balaban J connectivity index is 2.46. The summed E-state index contributed by atoms with van der Waals surface area (Å²) in [6.45, 7) is 2.26. The van der Waals surface area contributed by atoms with Gasteiger partial charge in [-0.1, -0.05) is 25.5 Å². The van der Waals surface area contributed by atoms with E-state index in [2.05, 4.69) is 0 Å². The Kier molecular flexibility index (Phi) is 6.89. The third-order valence-electron chi connectivity index (χ3n) is 2.39. The first-order valence-corrected chi connectivity index (χ1v) is 6.41. The van der Waals surface area contributed by atoms with Crippen molar-refractivity contribution < 1.29 is 24.2 Å².